The molecule has 0 atom stereocenters. The van der Waals surface area contributed by atoms with Gasteiger partial charge in [-0.15, -0.1) is 0 Å². The Morgan fingerprint density at radius 1 is 1.25 bits per heavy atom. The van der Waals surface area contributed by atoms with Crippen molar-refractivity contribution in [2.24, 2.45) is 5.73 Å². The van der Waals surface area contributed by atoms with E-state index in [9.17, 15) is 0 Å². The van der Waals surface area contributed by atoms with E-state index in [0.29, 0.717) is 6.54 Å². The van der Waals surface area contributed by atoms with Crippen LogP contribution in [0.5, 0.6) is 0 Å². The van der Waals surface area contributed by atoms with Crippen molar-refractivity contribution in [3.63, 3.8) is 0 Å². The molecule has 20 heavy (non-hydrogen) atoms. The van der Waals surface area contributed by atoms with Crippen LogP contribution in [0, 0.1) is 6.92 Å². The maximum Gasteiger partial charge on any atom is 0.230 e. The zero-order valence-electron chi connectivity index (χ0n) is 11.8. The Balaban J connectivity index is 2.03. The van der Waals surface area contributed by atoms with E-state index in [1.807, 2.05) is 13.1 Å². The molecular weight excluding hydrogens is 248 g/mol. The Bertz CT molecular complexity index is 609. The molecule has 1 aromatic heterocycles. The topological polar surface area (TPSA) is 55.0 Å². The normalized spacial score (nSPS) is 14.8. The molecule has 0 bridgehead atoms. The summed E-state index contributed by atoms with van der Waals surface area (Å²) in [7, 11) is 0. The molecule has 0 unspecified atom stereocenters. The molecule has 2 aromatic rings. The Hall–Kier alpha value is -1.94. The van der Waals surface area contributed by atoms with Gasteiger partial charge in [-0.2, -0.15) is 0 Å². The van der Waals surface area contributed by atoms with E-state index in [1.54, 1.807) is 0 Å². The summed E-state index contributed by atoms with van der Waals surface area (Å²) in [4.78, 5) is 11.4. The molecule has 2 heterocycles. The van der Waals surface area contributed by atoms with Crippen molar-refractivity contribution in [3.05, 3.63) is 47.3 Å². The first kappa shape index (κ1) is 13.1. The number of aryl methyl sites for hydroxylation is 2. The average molecular weight is 268 g/mol. The summed E-state index contributed by atoms with van der Waals surface area (Å²) in [5.41, 5.74) is 10.3. The Morgan fingerprint density at radius 2 is 2.10 bits per heavy atom. The van der Waals surface area contributed by atoms with Crippen molar-refractivity contribution in [1.82, 2.24) is 9.97 Å². The van der Waals surface area contributed by atoms with Gasteiger partial charge in [-0.05, 0) is 37.8 Å². The molecule has 0 saturated carbocycles. The number of aromatic nitrogens is 2. The number of fused-ring (bicyclic) bond motifs is 1. The molecule has 3 rings (SSSR count). The minimum Gasteiger partial charge on any atom is -0.326 e. The highest BCUT2D eigenvalue weighted by atomic mass is 15.3. The zero-order chi connectivity index (χ0) is 13.9. The lowest BCUT2D eigenvalue weighted by Crippen LogP contribution is -2.21. The molecular formula is C16H20N4. The third kappa shape index (κ3) is 2.39. The number of nitrogens with zero attached hydrogens (tertiary/aromatic N) is 3. The van der Waals surface area contributed by atoms with E-state index in [4.69, 9.17) is 5.73 Å². The molecule has 104 valence electrons. The van der Waals surface area contributed by atoms with Gasteiger partial charge in [0.15, 0.2) is 0 Å². The van der Waals surface area contributed by atoms with E-state index >= 15 is 0 Å². The standard InChI is InChI=1S/C16H20N4/c1-12-14(10-17)11-18-16(19-12)20-9-5-4-7-13-6-2-3-8-15(13)20/h2-3,6,8,11H,4-5,7,9-10,17H2,1H3. The van der Waals surface area contributed by atoms with E-state index in [1.165, 1.54) is 17.7 Å². The second-order valence-corrected chi connectivity index (χ2v) is 5.22. The first-order chi connectivity index (χ1) is 9.79. The third-order valence-corrected chi connectivity index (χ3v) is 3.89. The molecule has 4 heteroatoms. The van der Waals surface area contributed by atoms with Crippen molar-refractivity contribution in [3.8, 4) is 0 Å². The van der Waals surface area contributed by atoms with Gasteiger partial charge in [0, 0.05) is 36.2 Å². The third-order valence-electron chi connectivity index (χ3n) is 3.89. The fraction of sp³-hybridized carbons (Fsp3) is 0.375. The molecule has 0 saturated heterocycles. The van der Waals surface area contributed by atoms with Crippen molar-refractivity contribution < 1.29 is 0 Å². The van der Waals surface area contributed by atoms with Gasteiger partial charge in [-0.1, -0.05) is 18.2 Å². The average Bonchev–Trinajstić information content (AvgIpc) is 2.69. The van der Waals surface area contributed by atoms with Gasteiger partial charge >= 0.3 is 0 Å². The molecule has 0 spiro atoms. The van der Waals surface area contributed by atoms with Gasteiger partial charge in [-0.3, -0.25) is 0 Å². The fourth-order valence-electron chi connectivity index (χ4n) is 2.71. The van der Waals surface area contributed by atoms with Crippen LogP contribution in [0.1, 0.15) is 29.7 Å². The van der Waals surface area contributed by atoms with Crippen LogP contribution in [0.3, 0.4) is 0 Å². The molecule has 0 amide bonds. The maximum absolute atomic E-state index is 5.69. The van der Waals surface area contributed by atoms with Crippen LogP contribution in [-0.4, -0.2) is 16.5 Å². The minimum atomic E-state index is 0.489. The van der Waals surface area contributed by atoms with E-state index in [0.717, 1.165) is 36.6 Å². The number of benzene rings is 1. The zero-order valence-corrected chi connectivity index (χ0v) is 11.8. The second kappa shape index (κ2) is 5.59. The van der Waals surface area contributed by atoms with Gasteiger partial charge in [0.2, 0.25) is 5.95 Å². The van der Waals surface area contributed by atoms with Gasteiger partial charge in [0.25, 0.3) is 0 Å². The summed E-state index contributed by atoms with van der Waals surface area (Å²) < 4.78 is 0. The minimum absolute atomic E-state index is 0.489. The van der Waals surface area contributed by atoms with Gasteiger partial charge in [-0.25, -0.2) is 9.97 Å². The van der Waals surface area contributed by atoms with Crippen LogP contribution in [-0.2, 0) is 13.0 Å². The van der Waals surface area contributed by atoms with Crippen LogP contribution in [0.2, 0.25) is 0 Å². The summed E-state index contributed by atoms with van der Waals surface area (Å²) in [6.07, 6.45) is 5.36. The van der Waals surface area contributed by atoms with Crippen molar-refractivity contribution >= 4 is 11.6 Å². The predicted molar refractivity (Wildman–Crippen MR) is 81.0 cm³/mol. The molecule has 1 aliphatic rings. The van der Waals surface area contributed by atoms with Crippen LogP contribution < -0.4 is 10.6 Å². The summed E-state index contributed by atoms with van der Waals surface area (Å²) in [5, 5.41) is 0. The molecule has 2 N–H and O–H groups in total. The molecule has 0 aliphatic carbocycles. The number of anilines is 2. The van der Waals surface area contributed by atoms with Crippen LogP contribution in [0.15, 0.2) is 30.5 Å². The molecule has 0 radical (unpaired) electrons. The highest BCUT2D eigenvalue weighted by Gasteiger charge is 2.18. The first-order valence-electron chi connectivity index (χ1n) is 7.17. The van der Waals surface area contributed by atoms with E-state index < -0.39 is 0 Å². The van der Waals surface area contributed by atoms with Gasteiger partial charge in [0.1, 0.15) is 0 Å². The van der Waals surface area contributed by atoms with E-state index in [2.05, 4.69) is 39.1 Å². The largest absolute Gasteiger partial charge is 0.326 e. The number of para-hydroxylation sites is 1. The fourth-order valence-corrected chi connectivity index (χ4v) is 2.71. The van der Waals surface area contributed by atoms with Gasteiger partial charge < -0.3 is 10.6 Å². The SMILES string of the molecule is Cc1nc(N2CCCCc3ccccc32)ncc1CN. The highest BCUT2D eigenvalue weighted by Crippen LogP contribution is 2.30. The van der Waals surface area contributed by atoms with Gasteiger partial charge in [0.05, 0.1) is 0 Å². The van der Waals surface area contributed by atoms with E-state index in [-0.39, 0.29) is 0 Å². The highest BCUT2D eigenvalue weighted by molar-refractivity contribution is 5.62. The lowest BCUT2D eigenvalue weighted by atomic mass is 10.1. The van der Waals surface area contributed by atoms with Crippen LogP contribution >= 0.6 is 0 Å². The number of rotatable bonds is 2. The van der Waals surface area contributed by atoms with Crippen LogP contribution in [0.25, 0.3) is 0 Å². The molecule has 0 fully saturated rings. The quantitative estimate of drug-likeness (QED) is 0.910. The first-order valence-corrected chi connectivity index (χ1v) is 7.17. The van der Waals surface area contributed by atoms with Crippen molar-refractivity contribution in [2.75, 3.05) is 11.4 Å². The summed E-state index contributed by atoms with van der Waals surface area (Å²) in [5.74, 6) is 0.786. The monoisotopic (exact) mass is 268 g/mol. The maximum atomic E-state index is 5.69. The Morgan fingerprint density at radius 3 is 2.90 bits per heavy atom. The lowest BCUT2D eigenvalue weighted by molar-refractivity contribution is 0.751. The summed E-state index contributed by atoms with van der Waals surface area (Å²) in [6.45, 7) is 3.46. The summed E-state index contributed by atoms with van der Waals surface area (Å²) in [6, 6.07) is 8.55. The van der Waals surface area contributed by atoms with Crippen LogP contribution in [0.4, 0.5) is 11.6 Å². The second-order valence-electron chi connectivity index (χ2n) is 5.22. The molecule has 1 aromatic carbocycles. The Kier molecular flexibility index (Phi) is 3.65. The Labute approximate surface area is 119 Å². The number of nitrogens with two attached hydrogens (primary N) is 1. The smallest absolute Gasteiger partial charge is 0.230 e. The predicted octanol–water partition coefficient (Wildman–Crippen LogP) is 2.72. The molecule has 1 aliphatic heterocycles. The van der Waals surface area contributed by atoms with Crippen molar-refractivity contribution in [1.29, 1.82) is 0 Å². The molecule has 4 nitrogen and oxygen atoms in total. The number of hydrogen-bond acceptors (Lipinski definition) is 4. The lowest BCUT2D eigenvalue weighted by Gasteiger charge is -2.23. The van der Waals surface area contributed by atoms with Crippen molar-refractivity contribution in [2.45, 2.75) is 32.7 Å². The number of hydrogen-bond donors (Lipinski definition) is 1. The summed E-state index contributed by atoms with van der Waals surface area (Å²) >= 11 is 0.